The molecule has 2 aliphatic rings. The Hall–Kier alpha value is -3.00. The van der Waals surface area contributed by atoms with E-state index in [0.717, 1.165) is 0 Å². The maximum atomic E-state index is 12.5. The SMILES string of the molecule is COc1ccc(C2=C(O)/C(=C(/C)C(=O)NCCO[C@H]3O[C@@H](CO)[C@H](O)[C@@H](O)[C@@H]3O)OC2=O)cc1. The zero-order valence-corrected chi connectivity index (χ0v) is 18.5. The summed E-state index contributed by atoms with van der Waals surface area (Å²) < 4.78 is 20.7. The summed E-state index contributed by atoms with van der Waals surface area (Å²) >= 11 is 0. The topological polar surface area (TPSA) is 184 Å². The van der Waals surface area contributed by atoms with Gasteiger partial charge in [0, 0.05) is 6.54 Å². The monoisotopic (exact) mass is 481 g/mol. The molecule has 12 heteroatoms. The summed E-state index contributed by atoms with van der Waals surface area (Å²) in [5, 5.41) is 51.7. The molecule has 1 fully saturated rings. The highest BCUT2D eigenvalue weighted by Crippen LogP contribution is 2.34. The van der Waals surface area contributed by atoms with Gasteiger partial charge in [-0.15, -0.1) is 0 Å². The zero-order chi connectivity index (χ0) is 25.0. The molecule has 0 unspecified atom stereocenters. The van der Waals surface area contributed by atoms with Crippen LogP contribution in [0.5, 0.6) is 5.75 Å². The van der Waals surface area contributed by atoms with Crippen molar-refractivity contribution in [2.24, 2.45) is 0 Å². The van der Waals surface area contributed by atoms with Crippen molar-refractivity contribution in [1.82, 2.24) is 5.32 Å². The normalized spacial score (nSPS) is 28.5. The average molecular weight is 481 g/mol. The molecule has 1 saturated heterocycles. The molecule has 186 valence electrons. The van der Waals surface area contributed by atoms with Crippen LogP contribution in [0.2, 0.25) is 0 Å². The Balaban J connectivity index is 1.60. The van der Waals surface area contributed by atoms with Gasteiger partial charge in [0.2, 0.25) is 0 Å². The first-order chi connectivity index (χ1) is 16.2. The van der Waals surface area contributed by atoms with Crippen molar-refractivity contribution in [2.45, 2.75) is 37.6 Å². The lowest BCUT2D eigenvalue weighted by Crippen LogP contribution is -2.59. The molecule has 0 spiro atoms. The average Bonchev–Trinajstić information content (AvgIpc) is 3.14. The molecular formula is C22H27NO11. The number of rotatable bonds is 8. The highest BCUT2D eigenvalue weighted by Gasteiger charge is 2.44. The van der Waals surface area contributed by atoms with Gasteiger partial charge in [-0.3, -0.25) is 4.79 Å². The smallest absolute Gasteiger partial charge is 0.348 e. The van der Waals surface area contributed by atoms with Crippen LogP contribution < -0.4 is 10.1 Å². The second kappa shape index (κ2) is 11.0. The number of aliphatic hydroxyl groups excluding tert-OH is 5. The largest absolute Gasteiger partial charge is 0.504 e. The van der Waals surface area contributed by atoms with E-state index in [1.54, 1.807) is 24.3 Å². The third-order valence-corrected chi connectivity index (χ3v) is 5.43. The van der Waals surface area contributed by atoms with Crippen LogP contribution in [0.4, 0.5) is 0 Å². The zero-order valence-electron chi connectivity index (χ0n) is 18.5. The predicted molar refractivity (Wildman–Crippen MR) is 114 cm³/mol. The van der Waals surface area contributed by atoms with E-state index < -0.39 is 54.9 Å². The third-order valence-electron chi connectivity index (χ3n) is 5.43. The number of benzene rings is 1. The lowest BCUT2D eigenvalue weighted by atomic mass is 9.99. The van der Waals surface area contributed by atoms with Crippen molar-refractivity contribution >= 4 is 17.4 Å². The number of carbonyl (C=O) groups excluding carboxylic acids is 2. The summed E-state index contributed by atoms with van der Waals surface area (Å²) in [7, 11) is 1.49. The van der Waals surface area contributed by atoms with Gasteiger partial charge in [-0.2, -0.15) is 0 Å². The first-order valence-electron chi connectivity index (χ1n) is 10.4. The number of aliphatic hydroxyl groups is 5. The van der Waals surface area contributed by atoms with E-state index in [0.29, 0.717) is 11.3 Å². The van der Waals surface area contributed by atoms with Crippen LogP contribution in [-0.4, -0.2) is 95.0 Å². The molecule has 0 aliphatic carbocycles. The minimum absolute atomic E-state index is 0.0535. The number of cyclic esters (lactones) is 1. The molecule has 34 heavy (non-hydrogen) atoms. The quantitative estimate of drug-likeness (QED) is 0.148. The van der Waals surface area contributed by atoms with Crippen molar-refractivity contribution < 1.29 is 54.1 Å². The van der Waals surface area contributed by atoms with E-state index >= 15 is 0 Å². The highest BCUT2D eigenvalue weighted by atomic mass is 16.7. The molecule has 0 aromatic heterocycles. The first kappa shape index (κ1) is 25.6. The van der Waals surface area contributed by atoms with Gasteiger partial charge in [-0.05, 0) is 24.6 Å². The van der Waals surface area contributed by atoms with Crippen molar-refractivity contribution in [1.29, 1.82) is 0 Å². The van der Waals surface area contributed by atoms with Crippen molar-refractivity contribution in [3.05, 3.63) is 46.9 Å². The fraction of sp³-hybridized carbons (Fsp3) is 0.455. The molecule has 3 rings (SSSR count). The lowest BCUT2D eigenvalue weighted by molar-refractivity contribution is -0.300. The van der Waals surface area contributed by atoms with E-state index in [1.165, 1.54) is 14.0 Å². The molecule has 12 nitrogen and oxygen atoms in total. The van der Waals surface area contributed by atoms with E-state index in [1.807, 2.05) is 0 Å². The molecule has 1 aromatic rings. The van der Waals surface area contributed by atoms with Gasteiger partial charge in [0.25, 0.3) is 5.91 Å². The Morgan fingerprint density at radius 3 is 2.41 bits per heavy atom. The second-order valence-electron chi connectivity index (χ2n) is 7.62. The maximum Gasteiger partial charge on any atom is 0.348 e. The highest BCUT2D eigenvalue weighted by molar-refractivity contribution is 6.21. The van der Waals surface area contributed by atoms with Crippen molar-refractivity contribution in [3.63, 3.8) is 0 Å². The fourth-order valence-electron chi connectivity index (χ4n) is 3.45. The molecule has 0 bridgehead atoms. The number of ether oxygens (including phenoxy) is 4. The fourth-order valence-corrected chi connectivity index (χ4v) is 3.45. The summed E-state index contributed by atoms with van der Waals surface area (Å²) in [4.78, 5) is 24.8. The second-order valence-corrected chi connectivity index (χ2v) is 7.62. The summed E-state index contributed by atoms with van der Waals surface area (Å²) in [6.07, 6.45) is -7.09. The van der Waals surface area contributed by atoms with E-state index in [-0.39, 0.29) is 30.1 Å². The molecule has 1 aromatic carbocycles. The van der Waals surface area contributed by atoms with Gasteiger partial charge in [0.1, 0.15) is 35.7 Å². The molecule has 2 aliphatic heterocycles. The number of hydrogen-bond acceptors (Lipinski definition) is 11. The van der Waals surface area contributed by atoms with E-state index in [2.05, 4.69) is 5.32 Å². The first-order valence-corrected chi connectivity index (χ1v) is 10.4. The Morgan fingerprint density at radius 2 is 1.79 bits per heavy atom. The van der Waals surface area contributed by atoms with Gasteiger partial charge in [-0.25, -0.2) is 4.79 Å². The van der Waals surface area contributed by atoms with E-state index in [4.69, 9.17) is 18.9 Å². The van der Waals surface area contributed by atoms with Crippen LogP contribution in [0.25, 0.3) is 5.57 Å². The van der Waals surface area contributed by atoms with Crippen LogP contribution in [0, 0.1) is 0 Å². The number of hydrogen-bond donors (Lipinski definition) is 6. The Bertz CT molecular complexity index is 970. The van der Waals surface area contributed by atoms with E-state index in [9.17, 15) is 35.1 Å². The predicted octanol–water partition coefficient (Wildman–Crippen LogP) is -1.27. The van der Waals surface area contributed by atoms with Crippen LogP contribution >= 0.6 is 0 Å². The summed E-state index contributed by atoms with van der Waals surface area (Å²) in [6.45, 7) is 0.546. The Kier molecular flexibility index (Phi) is 8.25. The molecule has 0 saturated carbocycles. The van der Waals surface area contributed by atoms with Crippen LogP contribution in [0.3, 0.4) is 0 Å². The van der Waals surface area contributed by atoms with Gasteiger partial charge in [0.15, 0.2) is 17.8 Å². The third kappa shape index (κ3) is 5.22. The Labute approximate surface area is 194 Å². The number of carbonyl (C=O) groups is 2. The number of methoxy groups -OCH3 is 1. The van der Waals surface area contributed by atoms with Crippen LogP contribution in [0.15, 0.2) is 41.4 Å². The molecular weight excluding hydrogens is 454 g/mol. The summed E-state index contributed by atoms with van der Waals surface area (Å²) in [6, 6.07) is 6.36. The number of esters is 1. The minimum Gasteiger partial charge on any atom is -0.504 e. The molecule has 6 N–H and O–H groups in total. The van der Waals surface area contributed by atoms with Gasteiger partial charge in [-0.1, -0.05) is 12.1 Å². The number of amides is 1. The maximum absolute atomic E-state index is 12.5. The molecule has 2 heterocycles. The Morgan fingerprint density at radius 1 is 1.12 bits per heavy atom. The van der Waals surface area contributed by atoms with Crippen molar-refractivity contribution in [3.8, 4) is 5.75 Å². The van der Waals surface area contributed by atoms with Crippen LogP contribution in [0.1, 0.15) is 12.5 Å². The van der Waals surface area contributed by atoms with Gasteiger partial charge >= 0.3 is 5.97 Å². The minimum atomic E-state index is -1.58. The lowest BCUT2D eigenvalue weighted by Gasteiger charge is -2.39. The van der Waals surface area contributed by atoms with Gasteiger partial charge < -0.3 is 49.8 Å². The van der Waals surface area contributed by atoms with Gasteiger partial charge in [0.05, 0.1) is 25.9 Å². The van der Waals surface area contributed by atoms with Crippen molar-refractivity contribution in [2.75, 3.05) is 26.9 Å². The standard InChI is InChI=1S/C22H27NO11/c1-10(19-16(26)14(21(30)34-19)11-3-5-12(31-2)6-4-11)20(29)23-7-8-32-22-18(28)17(27)15(25)13(9-24)33-22/h3-6,13,15,17-18,22,24-28H,7-9H2,1-2H3,(H,23,29)/b19-10+/t13-,15-,17+,18-,22-/m0/s1. The molecule has 0 radical (unpaired) electrons. The summed E-state index contributed by atoms with van der Waals surface area (Å²) in [5.74, 6) is -1.64. The molecule has 5 atom stereocenters. The summed E-state index contributed by atoms with van der Waals surface area (Å²) in [5.41, 5.74) is 0.248. The number of nitrogens with one attached hydrogen (secondary N) is 1. The van der Waals surface area contributed by atoms with Crippen LogP contribution in [-0.2, 0) is 23.8 Å². The molecule has 1 amide bonds.